The Morgan fingerprint density at radius 3 is 2.81 bits per heavy atom. The largest absolute Gasteiger partial charge is 0.303 e. The molecular formula is C17H20N4. The van der Waals surface area contributed by atoms with Crippen LogP contribution in [-0.4, -0.2) is 14.6 Å². The van der Waals surface area contributed by atoms with E-state index in [1.165, 1.54) is 16.7 Å². The molecule has 0 bridgehead atoms. The van der Waals surface area contributed by atoms with Gasteiger partial charge in [-0.15, -0.1) is 10.2 Å². The Kier molecular flexibility index (Phi) is 3.71. The zero-order valence-corrected chi connectivity index (χ0v) is 12.7. The number of aryl methyl sites for hydroxylation is 2. The fourth-order valence-corrected chi connectivity index (χ4v) is 2.68. The second-order valence-corrected chi connectivity index (χ2v) is 5.51. The first-order chi connectivity index (χ1) is 10.1. The topological polar surface area (TPSA) is 42.2 Å². The molecule has 2 aromatic heterocycles. The molecule has 0 aliphatic heterocycles. The molecule has 0 fully saturated rings. The zero-order chi connectivity index (χ0) is 14.8. The lowest BCUT2D eigenvalue weighted by atomic mass is 10.0. The molecule has 0 aliphatic carbocycles. The van der Waals surface area contributed by atoms with Crippen LogP contribution in [0.3, 0.4) is 0 Å². The van der Waals surface area contributed by atoms with E-state index in [1.807, 2.05) is 28.8 Å². The van der Waals surface area contributed by atoms with Crippen molar-refractivity contribution in [2.75, 3.05) is 0 Å². The molecule has 0 radical (unpaired) electrons. The predicted molar refractivity (Wildman–Crippen MR) is 84.2 cm³/mol. The standard InChI is InChI=1S/C17H20N4/c1-12-7-8-15(13(2)10-12)14(3)18-11-17-20-19-16-6-4-5-9-21(16)17/h4-10,14,18H,11H2,1-3H3. The summed E-state index contributed by atoms with van der Waals surface area (Å²) < 4.78 is 2.02. The molecule has 0 saturated carbocycles. The number of fused-ring (bicyclic) bond motifs is 1. The summed E-state index contributed by atoms with van der Waals surface area (Å²) in [6.45, 7) is 7.16. The third-order valence-corrected chi connectivity index (χ3v) is 3.84. The van der Waals surface area contributed by atoms with E-state index in [4.69, 9.17) is 0 Å². The van der Waals surface area contributed by atoms with Crippen LogP contribution in [0, 0.1) is 13.8 Å². The first kappa shape index (κ1) is 13.8. The average molecular weight is 280 g/mol. The second kappa shape index (κ2) is 5.66. The molecule has 1 unspecified atom stereocenters. The maximum atomic E-state index is 4.25. The normalized spacial score (nSPS) is 12.7. The van der Waals surface area contributed by atoms with Gasteiger partial charge in [-0.2, -0.15) is 0 Å². The van der Waals surface area contributed by atoms with E-state index in [0.717, 1.165) is 11.5 Å². The SMILES string of the molecule is Cc1ccc(C(C)NCc2nnc3ccccn23)c(C)c1. The Labute approximate surface area is 124 Å². The van der Waals surface area contributed by atoms with Gasteiger partial charge in [-0.1, -0.05) is 29.8 Å². The van der Waals surface area contributed by atoms with Gasteiger partial charge in [0.05, 0.1) is 6.54 Å². The minimum absolute atomic E-state index is 0.279. The fraction of sp³-hybridized carbons (Fsp3) is 0.294. The van der Waals surface area contributed by atoms with E-state index in [0.29, 0.717) is 6.54 Å². The number of nitrogens with zero attached hydrogens (tertiary/aromatic N) is 3. The molecule has 1 atom stereocenters. The highest BCUT2D eigenvalue weighted by Crippen LogP contribution is 2.19. The van der Waals surface area contributed by atoms with Gasteiger partial charge in [0.2, 0.25) is 0 Å². The molecule has 0 saturated heterocycles. The third kappa shape index (κ3) is 2.81. The monoisotopic (exact) mass is 280 g/mol. The van der Waals surface area contributed by atoms with Gasteiger partial charge in [0.25, 0.3) is 0 Å². The van der Waals surface area contributed by atoms with Gasteiger partial charge in [0.1, 0.15) is 0 Å². The first-order valence-corrected chi connectivity index (χ1v) is 7.24. The average Bonchev–Trinajstić information content (AvgIpc) is 2.88. The third-order valence-electron chi connectivity index (χ3n) is 3.84. The first-order valence-electron chi connectivity index (χ1n) is 7.24. The molecule has 4 nitrogen and oxygen atoms in total. The van der Waals surface area contributed by atoms with Gasteiger partial charge in [-0.25, -0.2) is 0 Å². The van der Waals surface area contributed by atoms with Crippen LogP contribution >= 0.6 is 0 Å². The summed E-state index contributed by atoms with van der Waals surface area (Å²) in [7, 11) is 0. The van der Waals surface area contributed by atoms with E-state index < -0.39 is 0 Å². The second-order valence-electron chi connectivity index (χ2n) is 5.51. The van der Waals surface area contributed by atoms with Gasteiger partial charge in [-0.3, -0.25) is 4.40 Å². The van der Waals surface area contributed by atoms with Crippen molar-refractivity contribution in [1.29, 1.82) is 0 Å². The van der Waals surface area contributed by atoms with Gasteiger partial charge >= 0.3 is 0 Å². The number of hydrogen-bond donors (Lipinski definition) is 1. The summed E-state index contributed by atoms with van der Waals surface area (Å²) in [5.41, 5.74) is 4.83. The van der Waals surface area contributed by atoms with Crippen LogP contribution in [0.25, 0.3) is 5.65 Å². The Morgan fingerprint density at radius 1 is 1.14 bits per heavy atom. The lowest BCUT2D eigenvalue weighted by Crippen LogP contribution is -2.20. The van der Waals surface area contributed by atoms with E-state index in [-0.39, 0.29) is 6.04 Å². The number of benzene rings is 1. The van der Waals surface area contributed by atoms with Gasteiger partial charge in [0, 0.05) is 12.2 Å². The molecule has 21 heavy (non-hydrogen) atoms. The van der Waals surface area contributed by atoms with E-state index in [2.05, 4.69) is 54.5 Å². The van der Waals surface area contributed by atoms with E-state index in [1.54, 1.807) is 0 Å². The molecule has 2 heterocycles. The van der Waals surface area contributed by atoms with Crippen molar-refractivity contribution in [2.45, 2.75) is 33.4 Å². The lowest BCUT2D eigenvalue weighted by molar-refractivity contribution is 0.554. The summed E-state index contributed by atoms with van der Waals surface area (Å²) in [5.74, 6) is 0.933. The Morgan fingerprint density at radius 2 is 2.00 bits per heavy atom. The molecule has 0 aliphatic rings. The summed E-state index contributed by atoms with van der Waals surface area (Å²) >= 11 is 0. The molecule has 0 amide bonds. The Bertz CT molecular complexity index is 760. The van der Waals surface area contributed by atoms with Gasteiger partial charge in [-0.05, 0) is 44.0 Å². The number of aromatic nitrogens is 3. The van der Waals surface area contributed by atoms with Crippen molar-refractivity contribution < 1.29 is 0 Å². The lowest BCUT2D eigenvalue weighted by Gasteiger charge is -2.16. The maximum absolute atomic E-state index is 4.25. The molecule has 1 aromatic carbocycles. The highest BCUT2D eigenvalue weighted by atomic mass is 15.3. The van der Waals surface area contributed by atoms with E-state index in [9.17, 15) is 0 Å². The molecule has 3 rings (SSSR count). The quantitative estimate of drug-likeness (QED) is 0.798. The van der Waals surface area contributed by atoms with Crippen LogP contribution in [0.5, 0.6) is 0 Å². The van der Waals surface area contributed by atoms with Crippen molar-refractivity contribution in [1.82, 2.24) is 19.9 Å². The van der Waals surface area contributed by atoms with Crippen molar-refractivity contribution in [3.63, 3.8) is 0 Å². The number of hydrogen-bond acceptors (Lipinski definition) is 3. The van der Waals surface area contributed by atoms with Crippen LogP contribution < -0.4 is 5.32 Å². The fourth-order valence-electron chi connectivity index (χ4n) is 2.68. The summed E-state index contributed by atoms with van der Waals surface area (Å²) in [6.07, 6.45) is 1.99. The Balaban J connectivity index is 1.75. The molecule has 3 aromatic rings. The van der Waals surface area contributed by atoms with Crippen LogP contribution in [0.1, 0.15) is 35.5 Å². The number of nitrogens with one attached hydrogen (secondary N) is 1. The van der Waals surface area contributed by atoms with Gasteiger partial charge < -0.3 is 5.32 Å². The molecule has 0 spiro atoms. The van der Waals surface area contributed by atoms with Crippen molar-refractivity contribution in [2.24, 2.45) is 0 Å². The highest BCUT2D eigenvalue weighted by Gasteiger charge is 2.10. The maximum Gasteiger partial charge on any atom is 0.160 e. The summed E-state index contributed by atoms with van der Waals surface area (Å²) in [4.78, 5) is 0. The summed E-state index contributed by atoms with van der Waals surface area (Å²) in [5, 5.41) is 11.9. The molecular weight excluding hydrogens is 260 g/mol. The van der Waals surface area contributed by atoms with Crippen molar-refractivity contribution in [3.05, 3.63) is 65.1 Å². The molecule has 1 N–H and O–H groups in total. The molecule has 4 heteroatoms. The highest BCUT2D eigenvalue weighted by molar-refractivity contribution is 5.37. The predicted octanol–water partition coefficient (Wildman–Crippen LogP) is 3.20. The Hall–Kier alpha value is -2.20. The smallest absolute Gasteiger partial charge is 0.160 e. The van der Waals surface area contributed by atoms with Crippen LogP contribution in [-0.2, 0) is 6.54 Å². The van der Waals surface area contributed by atoms with Crippen LogP contribution in [0.2, 0.25) is 0 Å². The van der Waals surface area contributed by atoms with Crippen molar-refractivity contribution in [3.8, 4) is 0 Å². The zero-order valence-electron chi connectivity index (χ0n) is 12.7. The van der Waals surface area contributed by atoms with Gasteiger partial charge in [0.15, 0.2) is 11.5 Å². The molecule has 108 valence electrons. The van der Waals surface area contributed by atoms with Crippen LogP contribution in [0.4, 0.5) is 0 Å². The number of pyridine rings is 1. The van der Waals surface area contributed by atoms with Crippen LogP contribution in [0.15, 0.2) is 42.6 Å². The summed E-state index contributed by atoms with van der Waals surface area (Å²) in [6, 6.07) is 12.8. The minimum Gasteiger partial charge on any atom is -0.303 e. The minimum atomic E-state index is 0.279. The van der Waals surface area contributed by atoms with Crippen molar-refractivity contribution >= 4 is 5.65 Å². The van der Waals surface area contributed by atoms with E-state index >= 15 is 0 Å². The number of rotatable bonds is 4.